The van der Waals surface area contributed by atoms with Crippen LogP contribution in [0.1, 0.15) is 32.7 Å². The van der Waals surface area contributed by atoms with Gasteiger partial charge in [-0.3, -0.25) is 24.3 Å². The van der Waals surface area contributed by atoms with Gasteiger partial charge in [0.25, 0.3) is 11.8 Å². The molecule has 2 heterocycles. The van der Waals surface area contributed by atoms with Crippen LogP contribution in [0.15, 0.2) is 97.2 Å². The molecule has 0 bridgehead atoms. The van der Waals surface area contributed by atoms with E-state index in [0.717, 1.165) is 21.1 Å². The van der Waals surface area contributed by atoms with E-state index in [1.807, 2.05) is 54.6 Å². The third-order valence-corrected chi connectivity index (χ3v) is 7.01. The van der Waals surface area contributed by atoms with Crippen LogP contribution in [0.3, 0.4) is 0 Å². The predicted molar refractivity (Wildman–Crippen MR) is 145 cm³/mol. The highest BCUT2D eigenvalue weighted by Crippen LogP contribution is 2.32. The van der Waals surface area contributed by atoms with E-state index in [2.05, 4.69) is 10.3 Å². The second-order valence-corrected chi connectivity index (χ2v) is 9.23. The Morgan fingerprint density at radius 2 is 1.50 bits per heavy atom. The average molecular weight is 502 g/mol. The van der Waals surface area contributed by atoms with Gasteiger partial charge in [-0.25, -0.2) is 0 Å². The molecule has 0 radical (unpaired) electrons. The summed E-state index contributed by atoms with van der Waals surface area (Å²) in [5.74, 6) is -1.42. The van der Waals surface area contributed by atoms with Gasteiger partial charge in [0.2, 0.25) is 5.91 Å². The number of anilines is 1. The number of imide groups is 1. The lowest BCUT2D eigenvalue weighted by molar-refractivity contribution is -0.120. The number of hydrogen-bond acceptors (Lipinski definition) is 5. The zero-order valence-corrected chi connectivity index (χ0v) is 20.3. The summed E-state index contributed by atoms with van der Waals surface area (Å²) in [4.78, 5) is 46.0. The molecule has 0 aliphatic carbocycles. The summed E-state index contributed by atoms with van der Waals surface area (Å²) in [5, 5.41) is 16.2. The van der Waals surface area contributed by atoms with Gasteiger partial charge >= 0.3 is 0 Å². The van der Waals surface area contributed by atoms with Crippen LogP contribution < -0.4 is 5.32 Å². The maximum Gasteiger partial charge on any atom is 0.262 e. The highest BCUT2D eigenvalue weighted by molar-refractivity contribution is 6.23. The molecule has 4 aromatic carbocycles. The van der Waals surface area contributed by atoms with E-state index in [-0.39, 0.29) is 29.7 Å². The van der Waals surface area contributed by atoms with Crippen molar-refractivity contribution in [3.8, 4) is 5.75 Å². The van der Waals surface area contributed by atoms with Crippen molar-refractivity contribution in [2.45, 2.75) is 18.9 Å². The van der Waals surface area contributed by atoms with Crippen molar-refractivity contribution in [1.29, 1.82) is 0 Å². The number of phenols is 1. The van der Waals surface area contributed by atoms with E-state index in [0.29, 0.717) is 16.8 Å². The SMILES string of the molecule is O=C(Nc1cccc2cccnc12)[C@H](CCc1c(O)ccc2ccccc12)N1C(=O)c2ccccc2C1=O. The molecule has 7 heteroatoms. The minimum absolute atomic E-state index is 0.100. The first kappa shape index (κ1) is 23.4. The minimum atomic E-state index is -1.11. The van der Waals surface area contributed by atoms with Crippen LogP contribution in [-0.4, -0.2) is 38.8 Å². The molecule has 186 valence electrons. The number of para-hydroxylation sites is 1. The maximum atomic E-state index is 13.8. The molecule has 6 rings (SSSR count). The molecule has 5 aromatic rings. The number of carbonyl (C=O) groups is 3. The van der Waals surface area contributed by atoms with E-state index < -0.39 is 23.8 Å². The number of aryl methyl sites for hydroxylation is 1. The highest BCUT2D eigenvalue weighted by Gasteiger charge is 2.42. The molecule has 1 aromatic heterocycles. The average Bonchev–Trinajstić information content (AvgIpc) is 3.20. The number of phenolic OH excluding ortho intramolecular Hbond substituents is 1. The van der Waals surface area contributed by atoms with Gasteiger partial charge in [0.1, 0.15) is 11.8 Å². The van der Waals surface area contributed by atoms with Gasteiger partial charge in [0.15, 0.2) is 0 Å². The van der Waals surface area contributed by atoms with Gasteiger partial charge in [-0.05, 0) is 53.9 Å². The number of aromatic hydroxyl groups is 1. The number of carbonyl (C=O) groups excluding carboxylic acids is 3. The molecule has 0 fully saturated rings. The summed E-state index contributed by atoms with van der Waals surface area (Å²) < 4.78 is 0. The quantitative estimate of drug-likeness (QED) is 0.307. The van der Waals surface area contributed by atoms with Crippen molar-refractivity contribution in [2.24, 2.45) is 0 Å². The Kier molecular flexibility index (Phi) is 5.81. The van der Waals surface area contributed by atoms with Crippen LogP contribution in [0.5, 0.6) is 5.75 Å². The lowest BCUT2D eigenvalue weighted by atomic mass is 9.97. The normalized spacial score (nSPS) is 13.6. The molecule has 2 N–H and O–H groups in total. The third-order valence-electron chi connectivity index (χ3n) is 7.01. The molecular weight excluding hydrogens is 478 g/mol. The van der Waals surface area contributed by atoms with Crippen LogP contribution in [0, 0.1) is 0 Å². The Hall–Kier alpha value is -5.04. The molecule has 3 amide bonds. The number of rotatable bonds is 6. The second kappa shape index (κ2) is 9.44. The largest absolute Gasteiger partial charge is 0.508 e. The fourth-order valence-corrected chi connectivity index (χ4v) is 5.16. The van der Waals surface area contributed by atoms with Crippen molar-refractivity contribution in [1.82, 2.24) is 9.88 Å². The van der Waals surface area contributed by atoms with Crippen molar-refractivity contribution < 1.29 is 19.5 Å². The lowest BCUT2D eigenvalue weighted by Crippen LogP contribution is -2.47. The Morgan fingerprint density at radius 1 is 0.816 bits per heavy atom. The summed E-state index contributed by atoms with van der Waals surface area (Å²) in [6.07, 6.45) is 2.03. The van der Waals surface area contributed by atoms with Crippen molar-refractivity contribution >= 4 is 45.1 Å². The van der Waals surface area contributed by atoms with E-state index in [9.17, 15) is 19.5 Å². The van der Waals surface area contributed by atoms with Gasteiger partial charge in [-0.2, -0.15) is 0 Å². The maximum absolute atomic E-state index is 13.8. The Morgan fingerprint density at radius 3 is 2.29 bits per heavy atom. The number of nitrogens with one attached hydrogen (secondary N) is 1. The van der Waals surface area contributed by atoms with Crippen molar-refractivity contribution in [3.63, 3.8) is 0 Å². The molecule has 38 heavy (non-hydrogen) atoms. The molecule has 0 unspecified atom stereocenters. The number of benzene rings is 4. The first-order valence-corrected chi connectivity index (χ1v) is 12.3. The van der Waals surface area contributed by atoms with E-state index in [4.69, 9.17) is 0 Å². The topological polar surface area (TPSA) is 99.6 Å². The van der Waals surface area contributed by atoms with Gasteiger partial charge in [0, 0.05) is 17.1 Å². The number of nitrogens with zero attached hydrogens (tertiary/aromatic N) is 2. The first-order valence-electron chi connectivity index (χ1n) is 12.3. The zero-order chi connectivity index (χ0) is 26.2. The highest BCUT2D eigenvalue weighted by atomic mass is 16.3. The van der Waals surface area contributed by atoms with Crippen LogP contribution in [0.25, 0.3) is 21.7 Å². The van der Waals surface area contributed by atoms with Gasteiger partial charge < -0.3 is 10.4 Å². The summed E-state index contributed by atoms with van der Waals surface area (Å²) >= 11 is 0. The molecule has 1 aliphatic heterocycles. The van der Waals surface area contributed by atoms with Crippen LogP contribution in [0.4, 0.5) is 5.69 Å². The van der Waals surface area contributed by atoms with E-state index in [1.54, 1.807) is 42.6 Å². The first-order chi connectivity index (χ1) is 18.5. The molecule has 7 nitrogen and oxygen atoms in total. The fourth-order valence-electron chi connectivity index (χ4n) is 5.16. The minimum Gasteiger partial charge on any atom is -0.508 e. The number of aromatic nitrogens is 1. The van der Waals surface area contributed by atoms with Gasteiger partial charge in [0.05, 0.1) is 22.3 Å². The smallest absolute Gasteiger partial charge is 0.262 e. The van der Waals surface area contributed by atoms with Gasteiger partial charge in [-0.1, -0.05) is 60.7 Å². The molecular formula is C31H23N3O4. The summed E-state index contributed by atoms with van der Waals surface area (Å²) in [5.41, 5.74) is 2.30. The fraction of sp³-hybridized carbons (Fsp3) is 0.0968. The Bertz CT molecular complexity index is 1710. The number of hydrogen-bond donors (Lipinski definition) is 2. The Balaban J connectivity index is 1.38. The van der Waals surface area contributed by atoms with Crippen LogP contribution in [-0.2, 0) is 11.2 Å². The van der Waals surface area contributed by atoms with E-state index in [1.165, 1.54) is 0 Å². The molecule has 0 saturated carbocycles. The third kappa shape index (κ3) is 3.94. The summed E-state index contributed by atoms with van der Waals surface area (Å²) in [7, 11) is 0. The number of fused-ring (bicyclic) bond motifs is 3. The number of amides is 3. The monoisotopic (exact) mass is 501 g/mol. The molecule has 0 saturated heterocycles. The molecule has 1 aliphatic rings. The van der Waals surface area contributed by atoms with Crippen molar-refractivity contribution in [3.05, 3.63) is 114 Å². The second-order valence-electron chi connectivity index (χ2n) is 9.23. The predicted octanol–water partition coefficient (Wildman–Crippen LogP) is 5.33. The summed E-state index contributed by atoms with van der Waals surface area (Å²) in [6.45, 7) is 0. The van der Waals surface area contributed by atoms with Crippen molar-refractivity contribution in [2.75, 3.05) is 5.32 Å². The summed E-state index contributed by atoms with van der Waals surface area (Å²) in [6, 6.07) is 25.7. The number of pyridine rings is 1. The standard InChI is InChI=1S/C31H23N3O4/c35-27-17-14-19-7-1-2-10-21(19)22(27)15-16-26(34-30(37)23-11-3-4-12-24(23)31(34)38)29(36)33-25-13-5-8-20-9-6-18-32-28(20)25/h1-14,17-18,26,35H,15-16H2,(H,33,36)/t26-/m0/s1. The van der Waals surface area contributed by atoms with Crippen LogP contribution >= 0.6 is 0 Å². The molecule has 1 atom stereocenters. The molecule has 0 spiro atoms. The Labute approximate surface area is 218 Å². The van der Waals surface area contributed by atoms with Gasteiger partial charge in [-0.15, -0.1) is 0 Å². The van der Waals surface area contributed by atoms with Crippen LogP contribution in [0.2, 0.25) is 0 Å². The van der Waals surface area contributed by atoms with E-state index >= 15 is 0 Å². The lowest BCUT2D eigenvalue weighted by Gasteiger charge is -2.26. The zero-order valence-electron chi connectivity index (χ0n) is 20.3.